The van der Waals surface area contributed by atoms with Gasteiger partial charge in [0.2, 0.25) is 11.8 Å². The van der Waals surface area contributed by atoms with Crippen LogP contribution in [0.1, 0.15) is 33.1 Å². The van der Waals surface area contributed by atoms with E-state index >= 15 is 0 Å². The molecule has 0 spiro atoms. The predicted molar refractivity (Wildman–Crippen MR) is 66.0 cm³/mol. The fourth-order valence-electron chi connectivity index (χ4n) is 1.90. The first-order chi connectivity index (χ1) is 8.06. The van der Waals surface area contributed by atoms with Gasteiger partial charge in [-0.15, -0.1) is 12.3 Å². The molecule has 1 N–H and O–H groups in total. The molecular weight excluding hydrogens is 216 g/mol. The maximum Gasteiger partial charge on any atom is 0.245 e. The van der Waals surface area contributed by atoms with Gasteiger partial charge >= 0.3 is 0 Å². The van der Waals surface area contributed by atoms with Gasteiger partial charge in [0.1, 0.15) is 6.04 Å². The third kappa shape index (κ3) is 3.77. The second-order valence-corrected chi connectivity index (χ2v) is 4.67. The topological polar surface area (TPSA) is 49.4 Å². The summed E-state index contributed by atoms with van der Waals surface area (Å²) in [5.74, 6) is 2.64. The van der Waals surface area contributed by atoms with Crippen LogP contribution in [0.25, 0.3) is 0 Å². The summed E-state index contributed by atoms with van der Waals surface area (Å²) < 4.78 is 0. The van der Waals surface area contributed by atoms with Gasteiger partial charge in [-0.1, -0.05) is 13.8 Å². The van der Waals surface area contributed by atoms with Crippen molar-refractivity contribution in [1.29, 1.82) is 0 Å². The summed E-state index contributed by atoms with van der Waals surface area (Å²) in [5, 5.41) is 2.78. The lowest BCUT2D eigenvalue weighted by molar-refractivity contribution is -0.134. The van der Waals surface area contributed by atoms with Crippen LogP contribution in [0.5, 0.6) is 0 Å². The number of nitrogens with zero attached hydrogens (tertiary/aromatic N) is 1. The highest BCUT2D eigenvalue weighted by molar-refractivity contribution is 5.90. The van der Waals surface area contributed by atoms with Crippen molar-refractivity contribution in [2.75, 3.05) is 13.1 Å². The van der Waals surface area contributed by atoms with Gasteiger partial charge in [-0.3, -0.25) is 9.59 Å². The fraction of sp³-hybridized carbons (Fsp3) is 0.692. The Hall–Kier alpha value is -1.50. The van der Waals surface area contributed by atoms with Crippen LogP contribution >= 0.6 is 0 Å². The Labute approximate surface area is 103 Å². The lowest BCUT2D eigenvalue weighted by Gasteiger charge is -2.25. The molecule has 1 heterocycles. The monoisotopic (exact) mass is 236 g/mol. The zero-order valence-electron chi connectivity index (χ0n) is 10.5. The summed E-state index contributed by atoms with van der Waals surface area (Å²) in [6.07, 6.45) is 7.02. The quantitative estimate of drug-likeness (QED) is 0.579. The van der Waals surface area contributed by atoms with E-state index in [2.05, 4.69) is 11.2 Å². The third-order valence-corrected chi connectivity index (χ3v) is 2.92. The lowest BCUT2D eigenvalue weighted by Crippen LogP contribution is -2.47. The summed E-state index contributed by atoms with van der Waals surface area (Å²) in [4.78, 5) is 25.4. The zero-order valence-corrected chi connectivity index (χ0v) is 10.5. The first kappa shape index (κ1) is 13.6. The van der Waals surface area contributed by atoms with Gasteiger partial charge in [0.25, 0.3) is 0 Å². The molecular formula is C13H20N2O2. The molecule has 4 heteroatoms. The Morgan fingerprint density at radius 2 is 2.24 bits per heavy atom. The number of carbonyl (C=O) groups is 2. The van der Waals surface area contributed by atoms with E-state index in [-0.39, 0.29) is 17.7 Å². The first-order valence-corrected chi connectivity index (χ1v) is 6.08. The van der Waals surface area contributed by atoms with Gasteiger partial charge < -0.3 is 10.2 Å². The minimum atomic E-state index is -0.393. The van der Waals surface area contributed by atoms with E-state index in [1.165, 1.54) is 0 Å². The molecule has 1 fully saturated rings. The number of hydrogen-bond donors (Lipinski definition) is 1. The van der Waals surface area contributed by atoms with E-state index in [1.54, 1.807) is 4.90 Å². The van der Waals surface area contributed by atoms with Crippen LogP contribution in [0, 0.1) is 18.3 Å². The molecule has 1 aliphatic heterocycles. The molecule has 0 radical (unpaired) electrons. The van der Waals surface area contributed by atoms with Crippen molar-refractivity contribution >= 4 is 11.8 Å². The Morgan fingerprint density at radius 1 is 1.53 bits per heavy atom. The van der Waals surface area contributed by atoms with Crippen LogP contribution < -0.4 is 5.32 Å². The standard InChI is InChI=1S/C13H20N2O2/c1-4-5-6-8-15-9-7-11(16)14-12(10(2)3)13(15)17/h1,10,12H,5-9H2,2-3H3,(H,14,16). The Balaban J connectivity index is 2.67. The first-order valence-electron chi connectivity index (χ1n) is 6.08. The largest absolute Gasteiger partial charge is 0.344 e. The molecule has 0 aromatic carbocycles. The van der Waals surface area contributed by atoms with Crippen molar-refractivity contribution in [3.8, 4) is 12.3 Å². The molecule has 1 rings (SSSR count). The molecule has 1 saturated heterocycles. The van der Waals surface area contributed by atoms with Crippen molar-refractivity contribution < 1.29 is 9.59 Å². The minimum Gasteiger partial charge on any atom is -0.344 e. The highest BCUT2D eigenvalue weighted by atomic mass is 16.2. The van der Waals surface area contributed by atoms with Crippen LogP contribution in [0.4, 0.5) is 0 Å². The van der Waals surface area contributed by atoms with Gasteiger partial charge in [0.15, 0.2) is 0 Å². The predicted octanol–water partition coefficient (Wildman–Crippen LogP) is 0.773. The van der Waals surface area contributed by atoms with Gasteiger partial charge in [-0.05, 0) is 12.3 Å². The highest BCUT2D eigenvalue weighted by Gasteiger charge is 2.31. The number of carbonyl (C=O) groups excluding carboxylic acids is 2. The average Bonchev–Trinajstić information content (AvgIpc) is 2.41. The lowest BCUT2D eigenvalue weighted by atomic mass is 10.0. The van der Waals surface area contributed by atoms with Crippen LogP contribution in [0.3, 0.4) is 0 Å². The Bertz CT molecular complexity index is 331. The Morgan fingerprint density at radius 3 is 2.82 bits per heavy atom. The molecule has 0 bridgehead atoms. The molecule has 0 aromatic rings. The maximum absolute atomic E-state index is 12.2. The van der Waals surface area contributed by atoms with E-state index in [9.17, 15) is 9.59 Å². The van der Waals surface area contributed by atoms with Crippen LogP contribution in [-0.4, -0.2) is 35.8 Å². The normalized spacial score (nSPS) is 21.1. The van der Waals surface area contributed by atoms with E-state index in [0.29, 0.717) is 25.9 Å². The Kier molecular flexibility index (Phi) is 5.02. The number of terminal acetylenes is 1. The molecule has 4 nitrogen and oxygen atoms in total. The van der Waals surface area contributed by atoms with E-state index < -0.39 is 6.04 Å². The van der Waals surface area contributed by atoms with Gasteiger partial charge in [0, 0.05) is 25.9 Å². The number of nitrogens with one attached hydrogen (secondary N) is 1. The van der Waals surface area contributed by atoms with E-state index in [1.807, 2.05) is 13.8 Å². The van der Waals surface area contributed by atoms with E-state index in [0.717, 1.165) is 6.42 Å². The van der Waals surface area contributed by atoms with Crippen molar-refractivity contribution in [3.05, 3.63) is 0 Å². The number of unbranched alkanes of at least 4 members (excludes halogenated alkanes) is 1. The highest BCUT2D eigenvalue weighted by Crippen LogP contribution is 2.11. The molecule has 2 amide bonds. The zero-order chi connectivity index (χ0) is 12.8. The van der Waals surface area contributed by atoms with E-state index in [4.69, 9.17) is 6.42 Å². The van der Waals surface area contributed by atoms with Crippen molar-refractivity contribution in [2.45, 2.75) is 39.2 Å². The van der Waals surface area contributed by atoms with Crippen molar-refractivity contribution in [2.24, 2.45) is 5.92 Å². The van der Waals surface area contributed by atoms with Crippen LogP contribution in [0.2, 0.25) is 0 Å². The number of rotatable bonds is 4. The van der Waals surface area contributed by atoms with Gasteiger partial charge in [0.05, 0.1) is 0 Å². The summed E-state index contributed by atoms with van der Waals surface area (Å²) in [6.45, 7) is 5.02. The van der Waals surface area contributed by atoms with Crippen molar-refractivity contribution in [1.82, 2.24) is 10.2 Å². The molecule has 0 aromatic heterocycles. The summed E-state index contributed by atoms with van der Waals surface area (Å²) in [7, 11) is 0. The summed E-state index contributed by atoms with van der Waals surface area (Å²) in [6, 6.07) is -0.393. The van der Waals surface area contributed by atoms with Crippen molar-refractivity contribution in [3.63, 3.8) is 0 Å². The van der Waals surface area contributed by atoms with Gasteiger partial charge in [-0.25, -0.2) is 0 Å². The van der Waals surface area contributed by atoms with Crippen LogP contribution in [0.15, 0.2) is 0 Å². The van der Waals surface area contributed by atoms with Crippen LogP contribution in [-0.2, 0) is 9.59 Å². The molecule has 17 heavy (non-hydrogen) atoms. The number of hydrogen-bond acceptors (Lipinski definition) is 2. The second kappa shape index (κ2) is 6.29. The molecule has 0 aliphatic carbocycles. The summed E-state index contributed by atoms with van der Waals surface area (Å²) >= 11 is 0. The molecule has 0 saturated carbocycles. The molecule has 94 valence electrons. The molecule has 1 unspecified atom stereocenters. The molecule has 1 atom stereocenters. The third-order valence-electron chi connectivity index (χ3n) is 2.92. The second-order valence-electron chi connectivity index (χ2n) is 4.67. The average molecular weight is 236 g/mol. The fourth-order valence-corrected chi connectivity index (χ4v) is 1.90. The SMILES string of the molecule is C#CCCCN1CCC(=O)NC(C(C)C)C1=O. The summed E-state index contributed by atoms with van der Waals surface area (Å²) in [5.41, 5.74) is 0. The smallest absolute Gasteiger partial charge is 0.245 e. The van der Waals surface area contributed by atoms with Gasteiger partial charge in [-0.2, -0.15) is 0 Å². The maximum atomic E-state index is 12.2. The number of amides is 2. The minimum absolute atomic E-state index is 0.0165. The molecule has 1 aliphatic rings.